The molecule has 0 atom stereocenters. The average Bonchev–Trinajstić information content (AvgIpc) is 2.92. The third kappa shape index (κ3) is 19.8. The number of hydrogen-bond donors (Lipinski definition) is 4. The monoisotopic (exact) mass is 509 g/mol. The molecule has 2 rings (SSSR count). The molecule has 214 valence electrons. The molecular weight excluding hydrogens is 444 g/mol. The van der Waals surface area contributed by atoms with Crippen LogP contribution in [-0.4, -0.2) is 88.6 Å². The van der Waals surface area contributed by atoms with Gasteiger partial charge in [0.05, 0.1) is 0 Å². The molecule has 2 heterocycles. The number of unbranched alkanes of at least 4 members (excludes halogenated alkanes) is 13. The summed E-state index contributed by atoms with van der Waals surface area (Å²) in [4.78, 5) is 5.09. The van der Waals surface area contributed by atoms with E-state index in [1.165, 1.54) is 181 Å². The molecule has 2 fully saturated rings. The lowest BCUT2D eigenvalue weighted by atomic mass is 10.0. The van der Waals surface area contributed by atoms with Crippen molar-refractivity contribution in [2.24, 2.45) is 0 Å². The summed E-state index contributed by atoms with van der Waals surface area (Å²) in [6, 6.07) is 0. The number of rotatable bonds is 25. The number of hydrogen-bond acceptors (Lipinski definition) is 6. The quantitative estimate of drug-likeness (QED) is 0.131. The van der Waals surface area contributed by atoms with Gasteiger partial charge >= 0.3 is 0 Å². The molecule has 0 unspecified atom stereocenters. The van der Waals surface area contributed by atoms with Crippen LogP contribution in [0.4, 0.5) is 0 Å². The van der Waals surface area contributed by atoms with Crippen LogP contribution in [0, 0.1) is 0 Å². The van der Waals surface area contributed by atoms with Crippen LogP contribution < -0.4 is 21.3 Å². The van der Waals surface area contributed by atoms with Gasteiger partial charge < -0.3 is 21.3 Å². The van der Waals surface area contributed by atoms with Crippen molar-refractivity contribution in [2.45, 2.75) is 116 Å². The van der Waals surface area contributed by atoms with E-state index in [9.17, 15) is 0 Å². The first kappa shape index (κ1) is 32.0. The first-order valence-corrected chi connectivity index (χ1v) is 16.2. The van der Waals surface area contributed by atoms with Gasteiger partial charge in [0.15, 0.2) is 0 Å². The van der Waals surface area contributed by atoms with Crippen LogP contribution >= 0.6 is 0 Å². The van der Waals surface area contributed by atoms with Gasteiger partial charge in [0.1, 0.15) is 0 Å². The lowest BCUT2D eigenvalue weighted by Gasteiger charge is -2.27. The third-order valence-corrected chi connectivity index (χ3v) is 7.94. The van der Waals surface area contributed by atoms with Crippen LogP contribution in [0.15, 0.2) is 0 Å². The first-order valence-electron chi connectivity index (χ1n) is 16.2. The molecule has 2 aliphatic heterocycles. The predicted octanol–water partition coefficient (Wildman–Crippen LogP) is 4.91. The van der Waals surface area contributed by atoms with Gasteiger partial charge in [0.2, 0.25) is 0 Å². The molecular formula is C30H64N6. The Kier molecular flexibility index (Phi) is 22.3. The zero-order valence-corrected chi connectivity index (χ0v) is 24.1. The second-order valence-electron chi connectivity index (χ2n) is 11.4. The summed E-state index contributed by atoms with van der Waals surface area (Å²) in [5.74, 6) is 0. The van der Waals surface area contributed by atoms with E-state index in [4.69, 9.17) is 0 Å². The SMILES string of the molecule is C(CCCCCCCCNCCCN1CCCNC1)CCCCCCCNCCCN1CCCNC1. The van der Waals surface area contributed by atoms with Crippen LogP contribution in [0.1, 0.15) is 116 Å². The fourth-order valence-electron chi connectivity index (χ4n) is 5.60. The largest absolute Gasteiger partial charge is 0.317 e. The molecule has 0 aromatic rings. The molecule has 0 radical (unpaired) electrons. The van der Waals surface area contributed by atoms with Crippen LogP contribution in [0.25, 0.3) is 0 Å². The summed E-state index contributed by atoms with van der Waals surface area (Å²) in [5.41, 5.74) is 0. The minimum Gasteiger partial charge on any atom is -0.317 e. The maximum atomic E-state index is 3.64. The molecule has 6 heteroatoms. The average molecular weight is 509 g/mol. The van der Waals surface area contributed by atoms with Crippen LogP contribution in [0.5, 0.6) is 0 Å². The molecule has 0 aromatic heterocycles. The highest BCUT2D eigenvalue weighted by Gasteiger charge is 2.08. The van der Waals surface area contributed by atoms with Crippen molar-refractivity contribution in [1.82, 2.24) is 31.1 Å². The summed E-state index contributed by atoms with van der Waals surface area (Å²) < 4.78 is 0. The Morgan fingerprint density at radius 1 is 0.417 bits per heavy atom. The van der Waals surface area contributed by atoms with Crippen molar-refractivity contribution in [1.29, 1.82) is 0 Å². The zero-order chi connectivity index (χ0) is 25.2. The summed E-state index contributed by atoms with van der Waals surface area (Å²) >= 11 is 0. The molecule has 36 heavy (non-hydrogen) atoms. The van der Waals surface area contributed by atoms with Crippen LogP contribution in [0.3, 0.4) is 0 Å². The maximum absolute atomic E-state index is 3.64. The van der Waals surface area contributed by atoms with Crippen molar-refractivity contribution in [3.8, 4) is 0 Å². The lowest BCUT2D eigenvalue weighted by Crippen LogP contribution is -2.42. The highest BCUT2D eigenvalue weighted by Crippen LogP contribution is 2.13. The zero-order valence-electron chi connectivity index (χ0n) is 24.1. The number of nitrogens with one attached hydrogen (secondary N) is 4. The van der Waals surface area contributed by atoms with Gasteiger partial charge in [-0.2, -0.15) is 0 Å². The van der Waals surface area contributed by atoms with Gasteiger partial charge in [-0.25, -0.2) is 0 Å². The second-order valence-corrected chi connectivity index (χ2v) is 11.4. The van der Waals surface area contributed by atoms with E-state index >= 15 is 0 Å². The summed E-state index contributed by atoms with van der Waals surface area (Å²) in [6.07, 6.45) is 25.3. The second kappa shape index (κ2) is 25.1. The van der Waals surface area contributed by atoms with E-state index in [0.29, 0.717) is 0 Å². The fourth-order valence-corrected chi connectivity index (χ4v) is 5.60. The third-order valence-electron chi connectivity index (χ3n) is 7.94. The first-order chi connectivity index (χ1) is 17.9. The summed E-state index contributed by atoms with van der Waals surface area (Å²) in [5, 5.41) is 14.2. The van der Waals surface area contributed by atoms with Crippen LogP contribution in [0.2, 0.25) is 0 Å². The lowest BCUT2D eigenvalue weighted by molar-refractivity contribution is 0.213. The van der Waals surface area contributed by atoms with Crippen LogP contribution in [-0.2, 0) is 0 Å². The molecule has 2 aliphatic rings. The molecule has 0 aliphatic carbocycles. The normalized spacial score (nSPS) is 17.7. The highest BCUT2D eigenvalue weighted by atomic mass is 15.2. The molecule has 2 saturated heterocycles. The van der Waals surface area contributed by atoms with E-state index in [-0.39, 0.29) is 0 Å². The van der Waals surface area contributed by atoms with Gasteiger partial charge in [-0.1, -0.05) is 77.0 Å². The Balaban J connectivity index is 1.15. The minimum absolute atomic E-state index is 1.09. The Hall–Kier alpha value is -0.240. The number of nitrogens with zero attached hydrogens (tertiary/aromatic N) is 2. The highest BCUT2D eigenvalue weighted by molar-refractivity contribution is 4.65. The van der Waals surface area contributed by atoms with Crippen molar-refractivity contribution in [3.05, 3.63) is 0 Å². The fraction of sp³-hybridized carbons (Fsp3) is 1.00. The molecule has 0 spiro atoms. The Bertz CT molecular complexity index is 397. The van der Waals surface area contributed by atoms with Crippen molar-refractivity contribution >= 4 is 0 Å². The van der Waals surface area contributed by atoms with Gasteiger partial charge in [-0.15, -0.1) is 0 Å². The summed E-state index contributed by atoms with van der Waals surface area (Å²) in [6.45, 7) is 14.4. The van der Waals surface area contributed by atoms with Gasteiger partial charge in [-0.3, -0.25) is 9.80 Å². The topological polar surface area (TPSA) is 54.6 Å². The molecule has 0 amide bonds. The molecule has 4 N–H and O–H groups in total. The Morgan fingerprint density at radius 3 is 1.08 bits per heavy atom. The Morgan fingerprint density at radius 2 is 0.750 bits per heavy atom. The van der Waals surface area contributed by atoms with Gasteiger partial charge in [0.25, 0.3) is 0 Å². The molecule has 6 nitrogen and oxygen atoms in total. The standard InChI is InChI=1S/C30H64N6/c1(3-5-7-9-11-13-19-31-21-15-25-35-27-17-23-33-29-35)2-4-6-8-10-12-14-20-32-22-16-26-36-28-18-24-34-30-36/h31-34H,1-30H2. The van der Waals surface area contributed by atoms with E-state index in [2.05, 4.69) is 31.1 Å². The van der Waals surface area contributed by atoms with Gasteiger partial charge in [-0.05, 0) is 77.8 Å². The van der Waals surface area contributed by atoms with E-state index in [0.717, 1.165) is 13.3 Å². The van der Waals surface area contributed by atoms with Crippen molar-refractivity contribution in [2.75, 3.05) is 78.8 Å². The smallest absolute Gasteiger partial charge is 0.0480 e. The molecule has 0 bridgehead atoms. The molecule has 0 aromatic carbocycles. The van der Waals surface area contributed by atoms with Crippen molar-refractivity contribution < 1.29 is 0 Å². The molecule has 0 saturated carbocycles. The van der Waals surface area contributed by atoms with Crippen molar-refractivity contribution in [3.63, 3.8) is 0 Å². The van der Waals surface area contributed by atoms with E-state index < -0.39 is 0 Å². The summed E-state index contributed by atoms with van der Waals surface area (Å²) in [7, 11) is 0. The maximum Gasteiger partial charge on any atom is 0.0480 e. The minimum atomic E-state index is 1.09. The van der Waals surface area contributed by atoms with E-state index in [1.807, 2.05) is 0 Å². The van der Waals surface area contributed by atoms with Gasteiger partial charge in [0, 0.05) is 39.5 Å². The Labute approximate surface area is 225 Å². The van der Waals surface area contributed by atoms with E-state index in [1.54, 1.807) is 0 Å². The predicted molar refractivity (Wildman–Crippen MR) is 158 cm³/mol.